The number of aliphatic hydroxyl groups is 1. The molecule has 4 nitrogen and oxygen atoms in total. The van der Waals surface area contributed by atoms with Crippen LogP contribution in [0.25, 0.3) is 0 Å². The van der Waals surface area contributed by atoms with Crippen LogP contribution in [-0.2, 0) is 9.53 Å². The van der Waals surface area contributed by atoms with E-state index in [1.165, 1.54) is 0 Å². The predicted octanol–water partition coefficient (Wildman–Crippen LogP) is 0.535. The fraction of sp³-hybridized carbons (Fsp3) is 0.364. The lowest BCUT2D eigenvalue weighted by Gasteiger charge is -2.40. The van der Waals surface area contributed by atoms with E-state index >= 15 is 0 Å². The number of hydrogen-bond acceptors (Lipinski definition) is 4. The second-order valence-corrected chi connectivity index (χ2v) is 3.60. The Bertz CT molecular complexity index is 322. The summed E-state index contributed by atoms with van der Waals surface area (Å²) in [7, 11) is 0. The molecule has 80 valence electrons. The fourth-order valence-electron chi connectivity index (χ4n) is 1.73. The van der Waals surface area contributed by atoms with Crippen molar-refractivity contribution in [3.05, 3.63) is 35.9 Å². The van der Waals surface area contributed by atoms with Gasteiger partial charge >= 0.3 is 0 Å². The summed E-state index contributed by atoms with van der Waals surface area (Å²) in [6.07, 6.45) is -0.668. The van der Waals surface area contributed by atoms with Crippen LogP contribution in [0.3, 0.4) is 0 Å². The number of aliphatic hydroxyl groups excluding tert-OH is 1. The molecular formula is C11H13NO3. The van der Waals surface area contributed by atoms with Crippen LogP contribution in [0.4, 0.5) is 0 Å². The van der Waals surface area contributed by atoms with Gasteiger partial charge in [0.05, 0.1) is 6.10 Å². The van der Waals surface area contributed by atoms with Crippen molar-refractivity contribution in [1.82, 2.24) is 4.90 Å². The van der Waals surface area contributed by atoms with Gasteiger partial charge in [-0.3, -0.25) is 9.69 Å². The Balaban J connectivity index is 2.09. The Hall–Kier alpha value is -1.39. The molecule has 0 amide bonds. The quantitative estimate of drug-likeness (QED) is 0.732. The Kier molecular flexibility index (Phi) is 2.99. The second kappa shape index (κ2) is 4.42. The van der Waals surface area contributed by atoms with Gasteiger partial charge in [-0.25, -0.2) is 0 Å². The summed E-state index contributed by atoms with van der Waals surface area (Å²) in [6, 6.07) is 9.50. The number of carbonyl (C=O) groups is 1. The molecule has 1 aromatic carbocycles. The highest BCUT2D eigenvalue weighted by molar-refractivity contribution is 5.38. The molecule has 1 fully saturated rings. The maximum atomic E-state index is 10.4. The number of likely N-dealkylation sites (tertiary alicyclic amines) is 1. The maximum absolute atomic E-state index is 10.4. The number of rotatable bonds is 4. The van der Waals surface area contributed by atoms with Gasteiger partial charge in [-0.1, -0.05) is 30.3 Å². The summed E-state index contributed by atoms with van der Waals surface area (Å²) >= 11 is 0. The third-order valence-electron chi connectivity index (χ3n) is 2.49. The molecule has 0 aromatic heterocycles. The lowest BCUT2D eigenvalue weighted by Crippen LogP contribution is -2.52. The summed E-state index contributed by atoms with van der Waals surface area (Å²) in [4.78, 5) is 12.3. The van der Waals surface area contributed by atoms with Crippen LogP contribution in [-0.4, -0.2) is 35.7 Å². The van der Waals surface area contributed by atoms with Crippen LogP contribution in [0.5, 0.6) is 0 Å². The van der Waals surface area contributed by atoms with E-state index in [4.69, 9.17) is 4.74 Å². The molecule has 1 saturated heterocycles. The number of ether oxygens (including phenoxy) is 1. The number of nitrogens with zero attached hydrogens (tertiary/aromatic N) is 1. The molecule has 1 aromatic rings. The van der Waals surface area contributed by atoms with E-state index in [1.807, 2.05) is 35.2 Å². The predicted molar refractivity (Wildman–Crippen MR) is 53.9 cm³/mol. The topological polar surface area (TPSA) is 49.8 Å². The van der Waals surface area contributed by atoms with Gasteiger partial charge in [-0.15, -0.1) is 0 Å². The lowest BCUT2D eigenvalue weighted by molar-refractivity contribution is -0.158. The fourth-order valence-corrected chi connectivity index (χ4v) is 1.73. The first kappa shape index (κ1) is 10.1. The van der Waals surface area contributed by atoms with Crippen molar-refractivity contribution in [1.29, 1.82) is 0 Å². The molecule has 1 unspecified atom stereocenters. The highest BCUT2D eigenvalue weighted by atomic mass is 16.5. The zero-order chi connectivity index (χ0) is 10.7. The van der Waals surface area contributed by atoms with E-state index in [0.717, 1.165) is 5.56 Å². The molecule has 0 saturated carbocycles. The van der Waals surface area contributed by atoms with Gasteiger partial charge in [0.25, 0.3) is 6.47 Å². The van der Waals surface area contributed by atoms with Crippen LogP contribution >= 0.6 is 0 Å². The van der Waals surface area contributed by atoms with Crippen molar-refractivity contribution in [3.8, 4) is 0 Å². The number of β-amino-alcohol motifs (C(OH)–C–C–N with tert-alkyl or cyclic N) is 1. The first-order valence-electron chi connectivity index (χ1n) is 4.87. The van der Waals surface area contributed by atoms with Crippen molar-refractivity contribution >= 4 is 6.47 Å². The Morgan fingerprint density at radius 1 is 1.40 bits per heavy atom. The normalized spacial score (nSPS) is 19.3. The molecule has 0 bridgehead atoms. The zero-order valence-electron chi connectivity index (χ0n) is 8.24. The monoisotopic (exact) mass is 207 g/mol. The standard InChI is InChI=1S/C11H13NO3/c13-8-15-11(12-6-10(14)7-12)9-4-2-1-3-5-9/h1-5,8,10-11,14H,6-7H2. The van der Waals surface area contributed by atoms with Gasteiger partial charge < -0.3 is 9.84 Å². The lowest BCUT2D eigenvalue weighted by atomic mass is 10.1. The summed E-state index contributed by atoms with van der Waals surface area (Å²) in [6.45, 7) is 1.54. The van der Waals surface area contributed by atoms with E-state index in [9.17, 15) is 9.90 Å². The molecule has 1 atom stereocenters. The van der Waals surface area contributed by atoms with E-state index < -0.39 is 0 Å². The van der Waals surface area contributed by atoms with E-state index in [2.05, 4.69) is 0 Å². The van der Waals surface area contributed by atoms with Crippen molar-refractivity contribution in [2.24, 2.45) is 0 Å². The Morgan fingerprint density at radius 2 is 2.07 bits per heavy atom. The molecule has 15 heavy (non-hydrogen) atoms. The van der Waals surface area contributed by atoms with Crippen LogP contribution in [0, 0.1) is 0 Å². The summed E-state index contributed by atoms with van der Waals surface area (Å²) in [5.41, 5.74) is 0.927. The Labute approximate surface area is 88.1 Å². The third-order valence-corrected chi connectivity index (χ3v) is 2.49. The maximum Gasteiger partial charge on any atom is 0.294 e. The average Bonchev–Trinajstić information content (AvgIpc) is 2.23. The van der Waals surface area contributed by atoms with Crippen molar-refractivity contribution < 1.29 is 14.6 Å². The summed E-state index contributed by atoms with van der Waals surface area (Å²) < 4.78 is 5.01. The molecule has 1 aliphatic heterocycles. The van der Waals surface area contributed by atoms with Gasteiger partial charge in [0.15, 0.2) is 6.23 Å². The molecule has 0 spiro atoms. The molecule has 1 N–H and O–H groups in total. The first-order chi connectivity index (χ1) is 7.31. The zero-order valence-corrected chi connectivity index (χ0v) is 8.24. The van der Waals surface area contributed by atoms with E-state index in [0.29, 0.717) is 19.6 Å². The first-order valence-corrected chi connectivity index (χ1v) is 4.87. The highest BCUT2D eigenvalue weighted by Crippen LogP contribution is 2.26. The minimum atomic E-state index is -0.368. The minimum absolute atomic E-state index is 0.300. The van der Waals surface area contributed by atoms with E-state index in [-0.39, 0.29) is 12.3 Å². The molecule has 0 radical (unpaired) electrons. The van der Waals surface area contributed by atoms with Crippen LogP contribution in [0.2, 0.25) is 0 Å². The van der Waals surface area contributed by atoms with Crippen LogP contribution < -0.4 is 0 Å². The van der Waals surface area contributed by atoms with Gasteiger partial charge in [0.2, 0.25) is 0 Å². The van der Waals surface area contributed by atoms with Crippen molar-refractivity contribution in [3.63, 3.8) is 0 Å². The number of benzene rings is 1. The average molecular weight is 207 g/mol. The molecule has 1 aliphatic rings. The smallest absolute Gasteiger partial charge is 0.294 e. The number of carbonyl (C=O) groups excluding carboxylic acids is 1. The van der Waals surface area contributed by atoms with E-state index in [1.54, 1.807) is 0 Å². The largest absolute Gasteiger partial charge is 0.444 e. The van der Waals surface area contributed by atoms with Crippen LogP contribution in [0.15, 0.2) is 30.3 Å². The van der Waals surface area contributed by atoms with Crippen molar-refractivity contribution in [2.45, 2.75) is 12.3 Å². The molecule has 0 aliphatic carbocycles. The van der Waals surface area contributed by atoms with Gasteiger partial charge in [0, 0.05) is 18.7 Å². The van der Waals surface area contributed by atoms with Gasteiger partial charge in [-0.2, -0.15) is 0 Å². The highest BCUT2D eigenvalue weighted by Gasteiger charge is 2.32. The molecule has 1 heterocycles. The minimum Gasteiger partial charge on any atom is -0.444 e. The van der Waals surface area contributed by atoms with Crippen LogP contribution in [0.1, 0.15) is 11.8 Å². The van der Waals surface area contributed by atoms with Gasteiger partial charge in [-0.05, 0) is 0 Å². The molecular weight excluding hydrogens is 194 g/mol. The van der Waals surface area contributed by atoms with Crippen molar-refractivity contribution in [2.75, 3.05) is 13.1 Å². The summed E-state index contributed by atoms with van der Waals surface area (Å²) in [5.74, 6) is 0. The SMILES string of the molecule is O=COC(c1ccccc1)N1CC(O)C1. The molecule has 2 rings (SSSR count). The third kappa shape index (κ3) is 2.16. The van der Waals surface area contributed by atoms with Gasteiger partial charge in [0.1, 0.15) is 0 Å². The summed E-state index contributed by atoms with van der Waals surface area (Å²) in [5, 5.41) is 9.20. The number of hydrogen-bond donors (Lipinski definition) is 1. The second-order valence-electron chi connectivity index (χ2n) is 3.60. The Morgan fingerprint density at radius 3 is 2.60 bits per heavy atom. The molecule has 4 heteroatoms.